The van der Waals surface area contributed by atoms with E-state index in [1.807, 2.05) is 66.9 Å². The van der Waals surface area contributed by atoms with Gasteiger partial charge in [0, 0.05) is 23.9 Å². The van der Waals surface area contributed by atoms with Gasteiger partial charge in [-0.15, -0.1) is 5.10 Å². The van der Waals surface area contributed by atoms with E-state index in [1.54, 1.807) is 11.8 Å². The quantitative estimate of drug-likeness (QED) is 0.370. The van der Waals surface area contributed by atoms with Crippen LogP contribution in [0.1, 0.15) is 38.7 Å². The summed E-state index contributed by atoms with van der Waals surface area (Å²) in [7, 11) is 0. The van der Waals surface area contributed by atoms with Gasteiger partial charge in [0.2, 0.25) is 5.91 Å². The van der Waals surface area contributed by atoms with Crippen LogP contribution in [0.4, 0.5) is 5.69 Å². The monoisotopic (exact) mass is 461 g/mol. The number of carbonyl (C=O) groups is 1. The number of hydrogen-bond donors (Lipinski definition) is 1. The minimum absolute atomic E-state index is 0.0937. The molecule has 0 fully saturated rings. The van der Waals surface area contributed by atoms with Crippen LogP contribution in [0.25, 0.3) is 16.9 Å². The van der Waals surface area contributed by atoms with Gasteiger partial charge in [-0.3, -0.25) is 4.79 Å². The molecule has 0 atom stereocenters. The molecule has 0 bridgehead atoms. The average molecular weight is 462 g/mol. The Kier molecular flexibility index (Phi) is 6.93. The Morgan fingerprint density at radius 2 is 1.85 bits per heavy atom. The predicted molar refractivity (Wildman–Crippen MR) is 131 cm³/mol. The van der Waals surface area contributed by atoms with E-state index in [0.717, 1.165) is 56.8 Å². The van der Waals surface area contributed by atoms with Gasteiger partial charge in [0.15, 0.2) is 5.82 Å². The lowest BCUT2D eigenvalue weighted by Crippen LogP contribution is -2.06. The molecular formula is C25H27N5O2S. The third kappa shape index (κ3) is 5.01. The second-order valence-electron chi connectivity index (χ2n) is 7.60. The van der Waals surface area contributed by atoms with Crippen LogP contribution in [0.2, 0.25) is 0 Å². The third-order valence-electron chi connectivity index (χ3n) is 4.99. The molecule has 8 heteroatoms. The van der Waals surface area contributed by atoms with Crippen molar-refractivity contribution >= 4 is 28.9 Å². The van der Waals surface area contributed by atoms with Gasteiger partial charge < -0.3 is 10.1 Å². The second kappa shape index (κ2) is 10.0. The summed E-state index contributed by atoms with van der Waals surface area (Å²) in [6, 6.07) is 15.5. The number of carbonyl (C=O) groups excluding carboxylic acids is 1. The van der Waals surface area contributed by atoms with Crippen LogP contribution in [-0.4, -0.2) is 32.1 Å². The van der Waals surface area contributed by atoms with E-state index in [4.69, 9.17) is 19.8 Å². The fourth-order valence-corrected chi connectivity index (χ4v) is 4.58. The lowest BCUT2D eigenvalue weighted by molar-refractivity contribution is -0.114. The normalized spacial score (nSPS) is 11.0. The molecule has 0 saturated carbocycles. The van der Waals surface area contributed by atoms with Gasteiger partial charge in [-0.1, -0.05) is 30.8 Å². The first kappa shape index (κ1) is 22.8. The number of para-hydroxylation sites is 1. The fraction of sp³-hybridized carbons (Fsp3) is 0.280. The van der Waals surface area contributed by atoms with Crippen LogP contribution in [0, 0.1) is 6.92 Å². The number of amides is 1. The molecule has 0 unspecified atom stereocenters. The molecule has 1 amide bonds. The van der Waals surface area contributed by atoms with Crippen LogP contribution < -0.4 is 10.1 Å². The zero-order valence-electron chi connectivity index (χ0n) is 19.3. The largest absolute Gasteiger partial charge is 0.493 e. The van der Waals surface area contributed by atoms with Crippen molar-refractivity contribution in [2.24, 2.45) is 0 Å². The van der Waals surface area contributed by atoms with Crippen molar-refractivity contribution in [3.63, 3.8) is 0 Å². The molecule has 2 aromatic heterocycles. The SMILES string of the molecule is CCCc1nc(C)c2c(Sc3ccc(NC(C)=O)cc3)nc(-c3ccccc3OCC)nn12. The Bertz CT molecular complexity index is 1280. The first-order chi connectivity index (χ1) is 16.0. The number of imidazole rings is 1. The van der Waals surface area contributed by atoms with Gasteiger partial charge in [-0.2, -0.15) is 0 Å². The smallest absolute Gasteiger partial charge is 0.221 e. The summed E-state index contributed by atoms with van der Waals surface area (Å²) in [5, 5.41) is 8.50. The van der Waals surface area contributed by atoms with E-state index in [0.29, 0.717) is 12.4 Å². The van der Waals surface area contributed by atoms with Crippen molar-refractivity contribution in [1.29, 1.82) is 0 Å². The molecule has 7 nitrogen and oxygen atoms in total. The Morgan fingerprint density at radius 3 is 2.55 bits per heavy atom. The molecule has 0 aliphatic heterocycles. The molecule has 0 aliphatic rings. The predicted octanol–water partition coefficient (Wildman–Crippen LogP) is 5.56. The summed E-state index contributed by atoms with van der Waals surface area (Å²) < 4.78 is 7.77. The molecule has 1 N–H and O–H groups in total. The van der Waals surface area contributed by atoms with Crippen LogP contribution in [0.3, 0.4) is 0 Å². The summed E-state index contributed by atoms with van der Waals surface area (Å²) in [6.07, 6.45) is 1.80. The number of nitrogens with zero attached hydrogens (tertiary/aromatic N) is 4. The number of benzene rings is 2. The third-order valence-corrected chi connectivity index (χ3v) is 5.98. The number of rotatable bonds is 8. The average Bonchev–Trinajstić information content (AvgIpc) is 3.11. The van der Waals surface area contributed by atoms with E-state index in [-0.39, 0.29) is 5.91 Å². The molecule has 0 aliphatic carbocycles. The van der Waals surface area contributed by atoms with Crippen LogP contribution >= 0.6 is 11.8 Å². The van der Waals surface area contributed by atoms with Crippen molar-refractivity contribution in [1.82, 2.24) is 19.6 Å². The number of anilines is 1. The molecule has 170 valence electrons. The minimum Gasteiger partial charge on any atom is -0.493 e. The molecule has 2 aromatic carbocycles. The summed E-state index contributed by atoms with van der Waals surface area (Å²) >= 11 is 1.55. The standard InChI is InChI=1S/C25H27N5O2S/c1-5-9-22-26-16(3)23-25(33-19-14-12-18(13-15-19)27-17(4)31)28-24(29-30(22)23)20-10-7-8-11-21(20)32-6-2/h7-8,10-15H,5-6,9H2,1-4H3,(H,27,31). The highest BCUT2D eigenvalue weighted by Gasteiger charge is 2.19. The van der Waals surface area contributed by atoms with Crippen molar-refractivity contribution < 1.29 is 9.53 Å². The number of nitrogens with one attached hydrogen (secondary N) is 1. The Labute approximate surface area is 197 Å². The first-order valence-electron chi connectivity index (χ1n) is 11.0. The second-order valence-corrected chi connectivity index (χ2v) is 8.66. The summed E-state index contributed by atoms with van der Waals surface area (Å²) in [4.78, 5) is 22.1. The van der Waals surface area contributed by atoms with Gasteiger partial charge >= 0.3 is 0 Å². The molecular weight excluding hydrogens is 434 g/mol. The number of hydrogen-bond acceptors (Lipinski definition) is 6. The Hall–Kier alpha value is -3.39. The highest BCUT2D eigenvalue weighted by molar-refractivity contribution is 7.99. The maximum absolute atomic E-state index is 11.3. The highest BCUT2D eigenvalue weighted by Crippen LogP contribution is 2.35. The minimum atomic E-state index is -0.0937. The van der Waals surface area contributed by atoms with Crippen LogP contribution in [-0.2, 0) is 11.2 Å². The van der Waals surface area contributed by atoms with Gasteiger partial charge in [-0.05, 0) is 56.7 Å². The van der Waals surface area contributed by atoms with E-state index >= 15 is 0 Å². The maximum atomic E-state index is 11.3. The number of fused-ring (bicyclic) bond motifs is 1. The van der Waals surface area contributed by atoms with Gasteiger partial charge in [0.1, 0.15) is 22.1 Å². The summed E-state index contributed by atoms with van der Waals surface area (Å²) in [6.45, 7) is 8.15. The zero-order valence-corrected chi connectivity index (χ0v) is 20.1. The van der Waals surface area contributed by atoms with Crippen molar-refractivity contribution in [3.8, 4) is 17.1 Å². The van der Waals surface area contributed by atoms with Crippen molar-refractivity contribution in [3.05, 3.63) is 60.0 Å². The zero-order chi connectivity index (χ0) is 23.4. The molecule has 33 heavy (non-hydrogen) atoms. The molecule has 4 aromatic rings. The summed E-state index contributed by atoms with van der Waals surface area (Å²) in [5.41, 5.74) is 3.42. The van der Waals surface area contributed by atoms with E-state index in [1.165, 1.54) is 6.92 Å². The fourth-order valence-electron chi connectivity index (χ4n) is 3.62. The lowest BCUT2D eigenvalue weighted by atomic mass is 10.2. The Morgan fingerprint density at radius 1 is 1.09 bits per heavy atom. The van der Waals surface area contributed by atoms with Crippen molar-refractivity contribution in [2.45, 2.75) is 50.5 Å². The topological polar surface area (TPSA) is 81.4 Å². The van der Waals surface area contributed by atoms with Crippen LogP contribution in [0.5, 0.6) is 5.75 Å². The van der Waals surface area contributed by atoms with E-state index in [9.17, 15) is 4.79 Å². The summed E-state index contributed by atoms with van der Waals surface area (Å²) in [5.74, 6) is 2.18. The number of aromatic nitrogens is 4. The molecule has 4 rings (SSSR count). The van der Waals surface area contributed by atoms with Crippen LogP contribution in [0.15, 0.2) is 58.5 Å². The van der Waals surface area contributed by atoms with Crippen molar-refractivity contribution in [2.75, 3.05) is 11.9 Å². The van der Waals surface area contributed by atoms with Gasteiger partial charge in [0.25, 0.3) is 0 Å². The van der Waals surface area contributed by atoms with E-state index < -0.39 is 0 Å². The maximum Gasteiger partial charge on any atom is 0.221 e. The molecule has 0 spiro atoms. The number of aryl methyl sites for hydroxylation is 2. The number of ether oxygens (including phenoxy) is 1. The molecule has 0 radical (unpaired) electrons. The van der Waals surface area contributed by atoms with E-state index in [2.05, 4.69) is 12.2 Å². The first-order valence-corrected chi connectivity index (χ1v) is 11.9. The lowest BCUT2D eigenvalue weighted by Gasteiger charge is -2.12. The van der Waals surface area contributed by atoms with Gasteiger partial charge in [-0.25, -0.2) is 14.5 Å². The van der Waals surface area contributed by atoms with Gasteiger partial charge in [0.05, 0.1) is 17.9 Å². The highest BCUT2D eigenvalue weighted by atomic mass is 32.2. The molecule has 2 heterocycles. The molecule has 0 saturated heterocycles. The Balaban J connectivity index is 1.83.